The van der Waals surface area contributed by atoms with Crippen LogP contribution in [0.25, 0.3) is 0 Å². The van der Waals surface area contributed by atoms with E-state index in [1.54, 1.807) is 0 Å². The summed E-state index contributed by atoms with van der Waals surface area (Å²) in [7, 11) is 0. The van der Waals surface area contributed by atoms with Crippen LogP contribution in [0.2, 0.25) is 0 Å². The maximum absolute atomic E-state index is 2.54. The van der Waals surface area contributed by atoms with E-state index in [1.165, 1.54) is 44.9 Å². The average molecular weight is 166 g/mol. The van der Waals surface area contributed by atoms with Crippen LogP contribution in [-0.2, 0) is 0 Å². The largest absolute Gasteiger partial charge is 0.0625 e. The van der Waals surface area contributed by atoms with E-state index in [1.807, 2.05) is 0 Å². The summed E-state index contributed by atoms with van der Waals surface area (Å²) in [6.07, 6.45) is 10.6. The first-order chi connectivity index (χ1) is 5.71. The average Bonchev–Trinajstić information content (AvgIpc) is 2.06. The van der Waals surface area contributed by atoms with Crippen LogP contribution in [0.15, 0.2) is 0 Å². The molecule has 0 amide bonds. The van der Waals surface area contributed by atoms with E-state index in [0.717, 1.165) is 17.3 Å². The van der Waals surface area contributed by atoms with Crippen LogP contribution < -0.4 is 0 Å². The second-order valence-electron chi connectivity index (χ2n) is 5.48. The highest BCUT2D eigenvalue weighted by Gasteiger charge is 2.39. The minimum Gasteiger partial charge on any atom is -0.0625 e. The molecule has 12 heavy (non-hydrogen) atoms. The molecule has 3 atom stereocenters. The second kappa shape index (κ2) is 3.05. The molecule has 2 saturated carbocycles. The zero-order chi connectivity index (χ0) is 8.60. The number of rotatable bonds is 0. The summed E-state index contributed by atoms with van der Waals surface area (Å²) < 4.78 is 0. The molecule has 2 aliphatic carbocycles. The van der Waals surface area contributed by atoms with Gasteiger partial charge in [0.2, 0.25) is 0 Å². The van der Waals surface area contributed by atoms with Crippen molar-refractivity contribution in [3.8, 4) is 0 Å². The van der Waals surface area contributed by atoms with E-state index in [2.05, 4.69) is 13.8 Å². The molecule has 0 bridgehead atoms. The molecule has 0 radical (unpaired) electrons. The van der Waals surface area contributed by atoms with Gasteiger partial charge in [0.05, 0.1) is 0 Å². The van der Waals surface area contributed by atoms with E-state index in [4.69, 9.17) is 0 Å². The van der Waals surface area contributed by atoms with Crippen LogP contribution >= 0.6 is 0 Å². The first kappa shape index (κ1) is 8.59. The highest BCUT2D eigenvalue weighted by atomic mass is 14.4. The topological polar surface area (TPSA) is 0 Å². The van der Waals surface area contributed by atoms with Gasteiger partial charge in [-0.2, -0.15) is 0 Å². The molecule has 0 heteroatoms. The van der Waals surface area contributed by atoms with Gasteiger partial charge < -0.3 is 0 Å². The third kappa shape index (κ3) is 1.41. The molecular weight excluding hydrogens is 144 g/mol. The fraction of sp³-hybridized carbons (Fsp3) is 1.00. The Morgan fingerprint density at radius 2 is 1.92 bits per heavy atom. The summed E-state index contributed by atoms with van der Waals surface area (Å²) in [6.45, 7) is 4.98. The Kier molecular flexibility index (Phi) is 2.18. The van der Waals surface area contributed by atoms with Gasteiger partial charge in [-0.05, 0) is 42.9 Å². The summed E-state index contributed by atoms with van der Waals surface area (Å²) >= 11 is 0. The lowest BCUT2D eigenvalue weighted by Crippen LogP contribution is -2.36. The van der Waals surface area contributed by atoms with E-state index in [0.29, 0.717) is 0 Å². The molecule has 0 aromatic heterocycles. The van der Waals surface area contributed by atoms with Crippen molar-refractivity contribution in [3.63, 3.8) is 0 Å². The van der Waals surface area contributed by atoms with Crippen LogP contribution in [0.5, 0.6) is 0 Å². The van der Waals surface area contributed by atoms with Gasteiger partial charge in [0.1, 0.15) is 0 Å². The number of hydrogen-bond acceptors (Lipinski definition) is 0. The molecule has 0 aromatic carbocycles. The van der Waals surface area contributed by atoms with Crippen molar-refractivity contribution in [2.45, 2.75) is 58.8 Å². The molecule has 0 saturated heterocycles. The quantitative estimate of drug-likeness (QED) is 0.510. The SMILES string of the molecule is C[C@H]1CC[C@]2(C)CCCCC2C1. The third-order valence-corrected chi connectivity index (χ3v) is 4.43. The molecule has 2 rings (SSSR count). The minimum atomic E-state index is 0.755. The Morgan fingerprint density at radius 1 is 1.08 bits per heavy atom. The molecule has 0 aliphatic heterocycles. The first-order valence-corrected chi connectivity index (χ1v) is 5.71. The zero-order valence-corrected chi connectivity index (χ0v) is 8.60. The second-order valence-corrected chi connectivity index (χ2v) is 5.48. The Labute approximate surface area is 76.7 Å². The number of fused-ring (bicyclic) bond motifs is 1. The normalized spacial score (nSPS) is 48.5. The monoisotopic (exact) mass is 166 g/mol. The molecule has 0 heterocycles. The number of hydrogen-bond donors (Lipinski definition) is 0. The van der Waals surface area contributed by atoms with Gasteiger partial charge in [-0.25, -0.2) is 0 Å². The predicted octanol–water partition coefficient (Wildman–Crippen LogP) is 4.00. The van der Waals surface area contributed by atoms with Crippen molar-refractivity contribution in [2.24, 2.45) is 17.3 Å². The van der Waals surface area contributed by atoms with Crippen molar-refractivity contribution < 1.29 is 0 Å². The van der Waals surface area contributed by atoms with Crippen molar-refractivity contribution in [1.82, 2.24) is 0 Å². The van der Waals surface area contributed by atoms with Gasteiger partial charge in [-0.15, -0.1) is 0 Å². The molecule has 0 spiro atoms. The zero-order valence-electron chi connectivity index (χ0n) is 8.60. The predicted molar refractivity (Wildman–Crippen MR) is 53.1 cm³/mol. The van der Waals surface area contributed by atoms with Crippen molar-refractivity contribution >= 4 is 0 Å². The Bertz CT molecular complexity index is 161. The lowest BCUT2D eigenvalue weighted by Gasteiger charge is -2.47. The van der Waals surface area contributed by atoms with Crippen molar-refractivity contribution in [2.75, 3.05) is 0 Å². The molecule has 1 unspecified atom stereocenters. The summed E-state index contributed by atoms with van der Waals surface area (Å²) in [5.74, 6) is 2.09. The molecule has 0 N–H and O–H groups in total. The standard InChI is InChI=1S/C12H22/c1-10-6-8-12(2)7-4-3-5-11(12)9-10/h10-11H,3-9H2,1-2H3/t10-,11?,12-/m0/s1. The van der Waals surface area contributed by atoms with Crippen LogP contribution in [0.1, 0.15) is 58.8 Å². The van der Waals surface area contributed by atoms with Crippen LogP contribution in [0.4, 0.5) is 0 Å². The molecule has 2 aliphatic rings. The Morgan fingerprint density at radius 3 is 2.75 bits per heavy atom. The fourth-order valence-electron chi connectivity index (χ4n) is 3.38. The highest BCUT2D eigenvalue weighted by Crippen LogP contribution is 2.51. The molecule has 0 aromatic rings. The summed E-state index contributed by atoms with van der Waals surface area (Å²) in [4.78, 5) is 0. The lowest BCUT2D eigenvalue weighted by molar-refractivity contribution is 0.0416. The maximum atomic E-state index is 2.54. The van der Waals surface area contributed by atoms with Gasteiger partial charge in [-0.3, -0.25) is 0 Å². The van der Waals surface area contributed by atoms with Gasteiger partial charge in [0.15, 0.2) is 0 Å². The van der Waals surface area contributed by atoms with Gasteiger partial charge in [0, 0.05) is 0 Å². The molecular formula is C12H22. The Hall–Kier alpha value is 0. The van der Waals surface area contributed by atoms with Crippen LogP contribution in [-0.4, -0.2) is 0 Å². The van der Waals surface area contributed by atoms with Crippen molar-refractivity contribution in [3.05, 3.63) is 0 Å². The molecule has 0 nitrogen and oxygen atoms in total. The molecule has 2 fully saturated rings. The maximum Gasteiger partial charge on any atom is -0.0297 e. The van der Waals surface area contributed by atoms with E-state index in [-0.39, 0.29) is 0 Å². The summed E-state index contributed by atoms with van der Waals surface area (Å²) in [5.41, 5.74) is 0.755. The van der Waals surface area contributed by atoms with Crippen LogP contribution in [0, 0.1) is 17.3 Å². The lowest BCUT2D eigenvalue weighted by atomic mass is 9.59. The highest BCUT2D eigenvalue weighted by molar-refractivity contribution is 4.90. The fourth-order valence-corrected chi connectivity index (χ4v) is 3.38. The molecule has 70 valence electrons. The summed E-state index contributed by atoms with van der Waals surface area (Å²) in [5, 5.41) is 0. The first-order valence-electron chi connectivity index (χ1n) is 5.71. The van der Waals surface area contributed by atoms with E-state index in [9.17, 15) is 0 Å². The van der Waals surface area contributed by atoms with Gasteiger partial charge >= 0.3 is 0 Å². The van der Waals surface area contributed by atoms with Gasteiger partial charge in [-0.1, -0.05) is 33.1 Å². The smallest absolute Gasteiger partial charge is 0.0297 e. The third-order valence-electron chi connectivity index (χ3n) is 4.43. The summed E-state index contributed by atoms with van der Waals surface area (Å²) in [6, 6.07) is 0. The minimum absolute atomic E-state index is 0.755. The Balaban J connectivity index is 2.06. The van der Waals surface area contributed by atoms with E-state index < -0.39 is 0 Å². The van der Waals surface area contributed by atoms with Gasteiger partial charge in [0.25, 0.3) is 0 Å². The van der Waals surface area contributed by atoms with E-state index >= 15 is 0 Å². The van der Waals surface area contributed by atoms with Crippen LogP contribution in [0.3, 0.4) is 0 Å². The van der Waals surface area contributed by atoms with Crippen molar-refractivity contribution in [1.29, 1.82) is 0 Å².